The minimum Gasteiger partial charge on any atom is -0.300 e. The number of thioether (sulfide) groups is 1. The van der Waals surface area contributed by atoms with Crippen molar-refractivity contribution in [3.63, 3.8) is 0 Å². The molecule has 2 heterocycles. The summed E-state index contributed by atoms with van der Waals surface area (Å²) in [6.45, 7) is 4.06. The highest BCUT2D eigenvalue weighted by atomic mass is 32.2. The molecule has 3 rings (SSSR count). The predicted octanol–water partition coefficient (Wildman–Crippen LogP) is 3.33. The molecule has 0 spiro atoms. The Morgan fingerprint density at radius 3 is 2.92 bits per heavy atom. The number of imidazole rings is 1. The number of nitrogens with zero attached hydrogens (tertiary/aromatic N) is 4. The molecule has 0 aliphatic heterocycles. The van der Waals surface area contributed by atoms with Crippen LogP contribution in [-0.4, -0.2) is 31.4 Å². The number of carbonyl (C=O) groups excluding carboxylic acids is 1. The number of nitrogens with one attached hydrogen (secondary N) is 1. The van der Waals surface area contributed by atoms with Crippen LogP contribution < -0.4 is 5.32 Å². The van der Waals surface area contributed by atoms with Gasteiger partial charge in [-0.25, -0.2) is 4.98 Å². The monoisotopic (exact) mass is 359 g/mol. The first-order valence-corrected chi connectivity index (χ1v) is 9.32. The molecule has 24 heavy (non-hydrogen) atoms. The van der Waals surface area contributed by atoms with Gasteiger partial charge in [-0.05, 0) is 25.0 Å². The second kappa shape index (κ2) is 7.59. The summed E-state index contributed by atoms with van der Waals surface area (Å²) < 4.78 is 1.99. The second-order valence-corrected chi connectivity index (χ2v) is 7.06. The van der Waals surface area contributed by atoms with E-state index in [1.807, 2.05) is 35.9 Å². The first-order chi connectivity index (χ1) is 11.7. The van der Waals surface area contributed by atoms with E-state index < -0.39 is 0 Å². The Morgan fingerprint density at radius 1 is 1.33 bits per heavy atom. The number of anilines is 1. The summed E-state index contributed by atoms with van der Waals surface area (Å²) in [5.41, 5.74) is 2.22. The molecule has 0 aliphatic rings. The first-order valence-electron chi connectivity index (χ1n) is 7.51. The number of amides is 1. The summed E-state index contributed by atoms with van der Waals surface area (Å²) in [6.07, 6.45) is 4.46. The molecule has 0 radical (unpaired) electrons. The summed E-state index contributed by atoms with van der Waals surface area (Å²) in [5, 5.41) is 13.0. The lowest BCUT2D eigenvalue weighted by Crippen LogP contribution is -2.14. The van der Waals surface area contributed by atoms with Crippen LogP contribution in [0.15, 0.2) is 41.8 Å². The van der Waals surface area contributed by atoms with Crippen molar-refractivity contribution in [3.8, 4) is 5.69 Å². The van der Waals surface area contributed by atoms with Crippen molar-refractivity contribution in [1.82, 2.24) is 19.7 Å². The van der Waals surface area contributed by atoms with Gasteiger partial charge in [0.15, 0.2) is 5.16 Å². The maximum atomic E-state index is 12.1. The van der Waals surface area contributed by atoms with Crippen molar-refractivity contribution in [2.24, 2.45) is 0 Å². The highest BCUT2D eigenvalue weighted by molar-refractivity contribution is 7.99. The fourth-order valence-corrected chi connectivity index (χ4v) is 3.61. The average molecular weight is 359 g/mol. The third-order valence-corrected chi connectivity index (χ3v) is 5.28. The molecule has 0 saturated heterocycles. The fraction of sp³-hybridized carbons (Fsp3) is 0.250. The number of para-hydroxylation sites is 1. The molecule has 0 unspecified atom stereocenters. The molecule has 0 bridgehead atoms. The molecule has 0 fully saturated rings. The van der Waals surface area contributed by atoms with E-state index in [1.165, 1.54) is 23.1 Å². The van der Waals surface area contributed by atoms with Crippen molar-refractivity contribution in [2.45, 2.75) is 25.4 Å². The van der Waals surface area contributed by atoms with Crippen molar-refractivity contribution in [1.29, 1.82) is 0 Å². The largest absolute Gasteiger partial charge is 0.300 e. The van der Waals surface area contributed by atoms with Crippen LogP contribution in [-0.2, 0) is 11.2 Å². The Bertz CT molecular complexity index is 842. The van der Waals surface area contributed by atoms with Gasteiger partial charge in [0, 0.05) is 12.4 Å². The topological polar surface area (TPSA) is 72.7 Å². The zero-order valence-corrected chi connectivity index (χ0v) is 15.0. The molecule has 3 aromatic rings. The average Bonchev–Trinajstić information content (AvgIpc) is 3.22. The zero-order valence-electron chi connectivity index (χ0n) is 13.4. The van der Waals surface area contributed by atoms with Gasteiger partial charge in [0.2, 0.25) is 11.0 Å². The highest BCUT2D eigenvalue weighted by Crippen LogP contribution is 2.23. The van der Waals surface area contributed by atoms with Crippen molar-refractivity contribution < 1.29 is 4.79 Å². The second-order valence-electron chi connectivity index (χ2n) is 5.06. The van der Waals surface area contributed by atoms with Gasteiger partial charge in [-0.1, -0.05) is 48.2 Å². The van der Waals surface area contributed by atoms with Crippen molar-refractivity contribution >= 4 is 34.1 Å². The predicted molar refractivity (Wildman–Crippen MR) is 96.9 cm³/mol. The van der Waals surface area contributed by atoms with Crippen LogP contribution in [0.3, 0.4) is 0 Å². The van der Waals surface area contributed by atoms with Gasteiger partial charge in [-0.2, -0.15) is 0 Å². The third-order valence-electron chi connectivity index (χ3n) is 3.33. The summed E-state index contributed by atoms with van der Waals surface area (Å²) >= 11 is 2.80. The SMILES string of the molecule is CCc1nnc(NC(=O)CSc2nccn2-c2ccccc2C)s1. The van der Waals surface area contributed by atoms with Crippen molar-refractivity contribution in [2.75, 3.05) is 11.1 Å². The quantitative estimate of drug-likeness (QED) is 0.684. The molecular formula is C16H17N5OS2. The van der Waals surface area contributed by atoms with Crippen LogP contribution in [0.5, 0.6) is 0 Å². The Balaban J connectivity index is 1.64. The van der Waals surface area contributed by atoms with E-state index in [2.05, 4.69) is 33.5 Å². The Labute approximate surface area is 148 Å². The molecule has 1 N–H and O–H groups in total. The minimum atomic E-state index is -0.113. The van der Waals surface area contributed by atoms with E-state index in [0.29, 0.717) is 5.13 Å². The van der Waals surface area contributed by atoms with Crippen LogP contribution in [0, 0.1) is 6.92 Å². The van der Waals surface area contributed by atoms with E-state index >= 15 is 0 Å². The maximum absolute atomic E-state index is 12.1. The molecule has 2 aromatic heterocycles. The van der Waals surface area contributed by atoms with Gasteiger partial charge >= 0.3 is 0 Å². The number of hydrogen-bond donors (Lipinski definition) is 1. The summed E-state index contributed by atoms with van der Waals surface area (Å²) in [5.74, 6) is 0.155. The van der Waals surface area contributed by atoms with Crippen LogP contribution >= 0.6 is 23.1 Å². The number of carbonyl (C=O) groups is 1. The minimum absolute atomic E-state index is 0.113. The molecule has 0 aliphatic carbocycles. The summed E-state index contributed by atoms with van der Waals surface area (Å²) in [7, 11) is 0. The van der Waals surface area contributed by atoms with Gasteiger partial charge in [0.05, 0.1) is 11.4 Å². The van der Waals surface area contributed by atoms with Gasteiger partial charge in [-0.3, -0.25) is 14.7 Å². The summed E-state index contributed by atoms with van der Waals surface area (Å²) in [6, 6.07) is 8.08. The highest BCUT2D eigenvalue weighted by Gasteiger charge is 2.12. The van der Waals surface area contributed by atoms with E-state index in [0.717, 1.165) is 27.8 Å². The number of aryl methyl sites for hydroxylation is 2. The van der Waals surface area contributed by atoms with E-state index in [-0.39, 0.29) is 11.7 Å². The normalized spacial score (nSPS) is 10.8. The van der Waals surface area contributed by atoms with Crippen LogP contribution in [0.2, 0.25) is 0 Å². The van der Waals surface area contributed by atoms with Gasteiger partial charge in [0.25, 0.3) is 0 Å². The Morgan fingerprint density at radius 2 is 2.17 bits per heavy atom. The van der Waals surface area contributed by atoms with Gasteiger partial charge in [-0.15, -0.1) is 10.2 Å². The van der Waals surface area contributed by atoms with Crippen molar-refractivity contribution in [3.05, 3.63) is 47.2 Å². The molecule has 1 aromatic carbocycles. The lowest BCUT2D eigenvalue weighted by Gasteiger charge is -2.09. The maximum Gasteiger partial charge on any atom is 0.236 e. The fourth-order valence-electron chi connectivity index (χ4n) is 2.15. The van der Waals surface area contributed by atoms with E-state index in [1.54, 1.807) is 6.20 Å². The smallest absolute Gasteiger partial charge is 0.236 e. The van der Waals surface area contributed by atoms with Crippen LogP contribution in [0.1, 0.15) is 17.5 Å². The Kier molecular flexibility index (Phi) is 5.27. The lowest BCUT2D eigenvalue weighted by molar-refractivity contribution is -0.113. The molecule has 6 nitrogen and oxygen atoms in total. The molecule has 124 valence electrons. The number of rotatable bonds is 6. The molecule has 8 heteroatoms. The number of hydrogen-bond acceptors (Lipinski definition) is 6. The molecule has 1 amide bonds. The number of benzene rings is 1. The standard InChI is InChI=1S/C16H17N5OS2/c1-3-14-19-20-15(24-14)18-13(22)10-23-16-17-8-9-21(16)12-7-5-4-6-11(12)2/h4-9H,3,10H2,1-2H3,(H,18,20,22). The zero-order chi connectivity index (χ0) is 16.9. The molecule has 0 atom stereocenters. The third kappa shape index (κ3) is 3.82. The first kappa shape index (κ1) is 16.7. The molecule has 0 saturated carbocycles. The van der Waals surface area contributed by atoms with Gasteiger partial charge in [0.1, 0.15) is 5.01 Å². The lowest BCUT2D eigenvalue weighted by atomic mass is 10.2. The number of aromatic nitrogens is 4. The van der Waals surface area contributed by atoms with E-state index in [9.17, 15) is 4.79 Å². The Hall–Kier alpha value is -2.19. The van der Waals surface area contributed by atoms with Crippen LogP contribution in [0.25, 0.3) is 5.69 Å². The summed E-state index contributed by atoms with van der Waals surface area (Å²) in [4.78, 5) is 16.4. The molecular weight excluding hydrogens is 342 g/mol. The van der Waals surface area contributed by atoms with Crippen LogP contribution in [0.4, 0.5) is 5.13 Å². The van der Waals surface area contributed by atoms with Gasteiger partial charge < -0.3 is 0 Å². The van der Waals surface area contributed by atoms with E-state index in [4.69, 9.17) is 0 Å².